The molecule has 0 amide bonds. The van der Waals surface area contributed by atoms with E-state index >= 15 is 0 Å². The monoisotopic (exact) mass is 337 g/mol. The number of aromatic amines is 1. The molecular weight excluding hydrogens is 314 g/mol. The van der Waals surface area contributed by atoms with Crippen LogP contribution in [0.3, 0.4) is 0 Å². The second-order valence-corrected chi connectivity index (χ2v) is 5.33. The van der Waals surface area contributed by atoms with Gasteiger partial charge >= 0.3 is 5.97 Å². The smallest absolute Gasteiger partial charge is 0.354 e. The summed E-state index contributed by atoms with van der Waals surface area (Å²) in [4.78, 5) is 18.8. The Morgan fingerprint density at radius 2 is 1.96 bits per heavy atom. The fourth-order valence-corrected chi connectivity index (χ4v) is 2.37. The first-order valence-electron chi connectivity index (χ1n) is 8.18. The molecule has 0 saturated heterocycles. The predicted molar refractivity (Wildman–Crippen MR) is 103 cm³/mol. The summed E-state index contributed by atoms with van der Waals surface area (Å²) in [5, 5.41) is 0.858. The highest BCUT2D eigenvalue weighted by atomic mass is 16.5. The van der Waals surface area contributed by atoms with Crippen LogP contribution in [-0.2, 0) is 4.74 Å². The maximum atomic E-state index is 11.5. The van der Waals surface area contributed by atoms with Gasteiger partial charge in [-0.1, -0.05) is 32.1 Å². The third-order valence-electron chi connectivity index (χ3n) is 3.66. The van der Waals surface area contributed by atoms with Gasteiger partial charge in [0.1, 0.15) is 11.3 Å². The number of H-pyrrole nitrogens is 1. The summed E-state index contributed by atoms with van der Waals surface area (Å²) in [6.07, 6.45) is 5.72. The molecule has 0 spiro atoms. The minimum Gasteiger partial charge on any atom is -0.464 e. The van der Waals surface area contributed by atoms with Crippen molar-refractivity contribution in [2.45, 2.75) is 20.8 Å². The first kappa shape index (κ1) is 18.3. The van der Waals surface area contributed by atoms with Crippen molar-refractivity contribution in [2.24, 2.45) is 0 Å². The van der Waals surface area contributed by atoms with Crippen LogP contribution >= 0.6 is 0 Å². The van der Waals surface area contributed by atoms with E-state index in [0.29, 0.717) is 11.3 Å². The van der Waals surface area contributed by atoms with Gasteiger partial charge in [0.25, 0.3) is 0 Å². The zero-order valence-electron chi connectivity index (χ0n) is 15.0. The number of ether oxygens (including phenoxy) is 1. The van der Waals surface area contributed by atoms with Gasteiger partial charge in [-0.25, -0.2) is 9.78 Å². The number of fused-ring (bicyclic) bond motifs is 1. The number of aryl methyl sites for hydroxylation is 1. The number of aromatic nitrogens is 2. The number of nitrogen functional groups attached to an aromatic ring is 1. The standard InChI is InChI=1S/C18H17N3O2.C2H6/c1-11-3-6-15(19)8-13(11)5-4-12-7-14-9-16(18(22)23-2)21-17(14)20-10-12;1-2/h3-10H,19H2,1-2H3,(H,20,21);1-2H3/b5-4+;. The Hall–Kier alpha value is -3.08. The topological polar surface area (TPSA) is 81.0 Å². The normalized spacial score (nSPS) is 10.6. The molecule has 0 aliphatic heterocycles. The lowest BCUT2D eigenvalue weighted by atomic mass is 10.1. The molecule has 0 bridgehead atoms. The van der Waals surface area contributed by atoms with Gasteiger partial charge in [-0.2, -0.15) is 0 Å². The second-order valence-electron chi connectivity index (χ2n) is 5.33. The van der Waals surface area contributed by atoms with Crippen LogP contribution in [0.1, 0.15) is 41.0 Å². The molecule has 3 aromatic rings. The minimum absolute atomic E-state index is 0.391. The van der Waals surface area contributed by atoms with Crippen molar-refractivity contribution in [3.8, 4) is 0 Å². The number of pyridine rings is 1. The number of nitrogens with two attached hydrogens (primary N) is 1. The van der Waals surface area contributed by atoms with Crippen LogP contribution in [0.4, 0.5) is 5.69 Å². The molecule has 0 atom stereocenters. The van der Waals surface area contributed by atoms with Crippen LogP contribution in [0, 0.1) is 6.92 Å². The van der Waals surface area contributed by atoms with Gasteiger partial charge in [0.05, 0.1) is 7.11 Å². The van der Waals surface area contributed by atoms with E-state index in [4.69, 9.17) is 10.5 Å². The van der Waals surface area contributed by atoms with Gasteiger partial charge in [0.2, 0.25) is 0 Å². The van der Waals surface area contributed by atoms with Gasteiger partial charge in [0.15, 0.2) is 0 Å². The zero-order chi connectivity index (χ0) is 18.4. The van der Waals surface area contributed by atoms with Crippen LogP contribution in [-0.4, -0.2) is 23.0 Å². The number of anilines is 1. The summed E-state index contributed by atoms with van der Waals surface area (Å²) in [5.41, 5.74) is 10.8. The molecule has 5 heteroatoms. The van der Waals surface area contributed by atoms with E-state index in [1.807, 2.05) is 57.2 Å². The average Bonchev–Trinajstić information content (AvgIpc) is 3.06. The van der Waals surface area contributed by atoms with Crippen molar-refractivity contribution < 1.29 is 9.53 Å². The average molecular weight is 337 g/mol. The molecule has 0 aliphatic carbocycles. The summed E-state index contributed by atoms with van der Waals surface area (Å²) in [5.74, 6) is -0.407. The van der Waals surface area contributed by atoms with Gasteiger partial charge < -0.3 is 15.5 Å². The molecule has 0 saturated carbocycles. The number of rotatable bonds is 3. The highest BCUT2D eigenvalue weighted by Crippen LogP contribution is 2.19. The molecule has 1 aromatic carbocycles. The Labute approximate surface area is 147 Å². The van der Waals surface area contributed by atoms with Crippen molar-refractivity contribution in [1.29, 1.82) is 0 Å². The lowest BCUT2D eigenvalue weighted by molar-refractivity contribution is 0.0595. The Kier molecular flexibility index (Phi) is 5.95. The molecule has 0 unspecified atom stereocenters. The fraction of sp³-hybridized carbons (Fsp3) is 0.200. The molecule has 5 nitrogen and oxygen atoms in total. The van der Waals surface area contributed by atoms with E-state index in [-0.39, 0.29) is 0 Å². The lowest BCUT2D eigenvalue weighted by Gasteiger charge is -2.01. The highest BCUT2D eigenvalue weighted by Gasteiger charge is 2.09. The Morgan fingerprint density at radius 1 is 1.20 bits per heavy atom. The number of carbonyl (C=O) groups excluding carboxylic acids is 1. The van der Waals surface area contributed by atoms with Crippen molar-refractivity contribution in [1.82, 2.24) is 9.97 Å². The van der Waals surface area contributed by atoms with E-state index in [0.717, 1.165) is 27.8 Å². The number of benzene rings is 1. The summed E-state index contributed by atoms with van der Waals surface area (Å²) in [6, 6.07) is 9.50. The van der Waals surface area contributed by atoms with E-state index < -0.39 is 5.97 Å². The molecule has 3 rings (SSSR count). The number of carbonyl (C=O) groups is 1. The van der Waals surface area contributed by atoms with Crippen molar-refractivity contribution >= 4 is 34.8 Å². The maximum Gasteiger partial charge on any atom is 0.354 e. The quantitative estimate of drug-likeness (QED) is 0.547. The van der Waals surface area contributed by atoms with Crippen LogP contribution in [0.25, 0.3) is 23.2 Å². The molecular formula is C20H23N3O2. The number of esters is 1. The molecule has 2 heterocycles. The second kappa shape index (κ2) is 8.15. The first-order valence-corrected chi connectivity index (χ1v) is 8.18. The van der Waals surface area contributed by atoms with E-state index in [1.165, 1.54) is 7.11 Å². The van der Waals surface area contributed by atoms with Gasteiger partial charge in [0, 0.05) is 17.3 Å². The number of methoxy groups -OCH3 is 1. The fourth-order valence-electron chi connectivity index (χ4n) is 2.37. The van der Waals surface area contributed by atoms with Crippen molar-refractivity contribution in [3.05, 3.63) is 58.9 Å². The summed E-state index contributed by atoms with van der Waals surface area (Å²) in [7, 11) is 1.35. The largest absolute Gasteiger partial charge is 0.464 e. The van der Waals surface area contributed by atoms with Crippen LogP contribution < -0.4 is 5.73 Å². The molecule has 2 aromatic heterocycles. The van der Waals surface area contributed by atoms with Gasteiger partial charge in [-0.3, -0.25) is 0 Å². The molecule has 130 valence electrons. The zero-order valence-corrected chi connectivity index (χ0v) is 15.0. The highest BCUT2D eigenvalue weighted by molar-refractivity contribution is 5.94. The third-order valence-corrected chi connectivity index (χ3v) is 3.66. The van der Waals surface area contributed by atoms with E-state index in [1.54, 1.807) is 12.3 Å². The number of nitrogens with zero attached hydrogens (tertiary/aromatic N) is 1. The SMILES string of the molecule is CC.COC(=O)c1cc2cc(/C=C/c3cc(N)ccc3C)cnc2[nH]1. The Balaban J connectivity index is 0.00000109. The molecule has 0 fully saturated rings. The van der Waals surface area contributed by atoms with Crippen molar-refractivity contribution in [2.75, 3.05) is 12.8 Å². The number of hydrogen-bond acceptors (Lipinski definition) is 4. The van der Waals surface area contributed by atoms with Crippen molar-refractivity contribution in [3.63, 3.8) is 0 Å². The molecule has 0 radical (unpaired) electrons. The predicted octanol–water partition coefficient (Wildman–Crippen LogP) is 4.44. The van der Waals surface area contributed by atoms with Crippen LogP contribution in [0.2, 0.25) is 0 Å². The van der Waals surface area contributed by atoms with Crippen LogP contribution in [0.15, 0.2) is 36.5 Å². The lowest BCUT2D eigenvalue weighted by Crippen LogP contribution is -2.00. The number of nitrogens with one attached hydrogen (secondary N) is 1. The van der Waals surface area contributed by atoms with Crippen LogP contribution in [0.5, 0.6) is 0 Å². The minimum atomic E-state index is -0.407. The van der Waals surface area contributed by atoms with Gasteiger partial charge in [-0.05, 0) is 47.9 Å². The molecule has 25 heavy (non-hydrogen) atoms. The molecule has 0 aliphatic rings. The molecule has 3 N–H and O–H groups in total. The third kappa shape index (κ3) is 4.26. The van der Waals surface area contributed by atoms with E-state index in [2.05, 4.69) is 9.97 Å². The maximum absolute atomic E-state index is 11.5. The summed E-state index contributed by atoms with van der Waals surface area (Å²) < 4.78 is 4.70. The van der Waals surface area contributed by atoms with Gasteiger partial charge in [-0.15, -0.1) is 0 Å². The number of hydrogen-bond donors (Lipinski definition) is 2. The summed E-state index contributed by atoms with van der Waals surface area (Å²) in [6.45, 7) is 6.04. The first-order chi connectivity index (χ1) is 12.1. The summed E-state index contributed by atoms with van der Waals surface area (Å²) >= 11 is 0. The van der Waals surface area contributed by atoms with E-state index in [9.17, 15) is 4.79 Å². The Bertz CT molecular complexity index is 910. The Morgan fingerprint density at radius 3 is 2.68 bits per heavy atom.